The van der Waals surface area contributed by atoms with Gasteiger partial charge in [0.1, 0.15) is 11.6 Å². The van der Waals surface area contributed by atoms with E-state index in [0.717, 1.165) is 87.1 Å². The van der Waals surface area contributed by atoms with Crippen molar-refractivity contribution in [3.8, 4) is 34.1 Å². The van der Waals surface area contributed by atoms with Gasteiger partial charge in [0, 0.05) is 34.5 Å². The van der Waals surface area contributed by atoms with Gasteiger partial charge < -0.3 is 9.30 Å². The first-order valence-electron chi connectivity index (χ1n) is 15.8. The van der Waals surface area contributed by atoms with Gasteiger partial charge in [0.2, 0.25) is 0 Å². The molecule has 0 N–H and O–H groups in total. The predicted octanol–water partition coefficient (Wildman–Crippen LogP) is 10.2. The fourth-order valence-corrected chi connectivity index (χ4v) is 6.33. The molecule has 0 atom stereocenters. The number of hydrogen-bond donors (Lipinski definition) is 0. The van der Waals surface area contributed by atoms with Gasteiger partial charge in [-0.25, -0.2) is 9.37 Å². The number of benzene rings is 4. The van der Waals surface area contributed by atoms with Gasteiger partial charge in [0.15, 0.2) is 0 Å². The Morgan fingerprint density at radius 1 is 0.830 bits per heavy atom. The number of nitrogens with zero attached hydrogens (tertiary/aromatic N) is 4. The van der Waals surface area contributed by atoms with Crippen molar-refractivity contribution in [2.24, 2.45) is 0 Å². The van der Waals surface area contributed by atoms with Gasteiger partial charge in [-0.15, -0.1) is 35.7 Å². The summed E-state index contributed by atoms with van der Waals surface area (Å²) in [5.41, 5.74) is 8.98. The van der Waals surface area contributed by atoms with E-state index in [-0.39, 0.29) is 26.9 Å². The second-order valence-corrected chi connectivity index (χ2v) is 11.9. The van der Waals surface area contributed by atoms with E-state index in [2.05, 4.69) is 67.4 Å². The summed E-state index contributed by atoms with van der Waals surface area (Å²) in [5.74, 6) is 1.59. The molecule has 0 unspecified atom stereocenters. The number of halogens is 1. The average molecular weight is 802 g/mol. The van der Waals surface area contributed by atoms with Crippen LogP contribution in [-0.2, 0) is 27.5 Å². The molecule has 0 aliphatic rings. The van der Waals surface area contributed by atoms with Gasteiger partial charge in [-0.2, -0.15) is 16.7 Å². The molecule has 0 bridgehead atoms. The topological polar surface area (TPSA) is 44.9 Å². The Kier molecular flexibility index (Phi) is 9.42. The standard InChI is InChI=1S/C40H35FN4O.Pt/c1-5-6-8-11-29-21-32(45-28(4)40(27(3)43-45)30-12-9-7-10-13-30)24-34(22-29)46-33-15-16-35-36-23-31(41)14-17-37(36)44(38(35)25-33)39-20-26(2)18-19-42-39;/h7,9-10,12-23H,5-6,8,11H2,1-4H3;/q-2;+2. The number of aryl methyl sites for hydroxylation is 3. The van der Waals surface area contributed by atoms with Gasteiger partial charge in [0.25, 0.3) is 0 Å². The van der Waals surface area contributed by atoms with E-state index in [1.165, 1.54) is 11.6 Å². The number of hydrogen-bond acceptors (Lipinski definition) is 3. The van der Waals surface area contributed by atoms with Crippen LogP contribution in [0.25, 0.3) is 44.4 Å². The van der Waals surface area contributed by atoms with E-state index in [4.69, 9.17) is 9.84 Å². The van der Waals surface area contributed by atoms with Gasteiger partial charge >= 0.3 is 21.1 Å². The van der Waals surface area contributed by atoms with Crippen LogP contribution in [0.15, 0.2) is 91.1 Å². The molecule has 0 aliphatic heterocycles. The third kappa shape index (κ3) is 6.40. The molecule has 238 valence electrons. The molecule has 5 nitrogen and oxygen atoms in total. The molecule has 0 spiro atoms. The van der Waals surface area contributed by atoms with Crippen LogP contribution in [0.1, 0.15) is 48.7 Å². The van der Waals surface area contributed by atoms with Gasteiger partial charge in [-0.1, -0.05) is 68.5 Å². The molecule has 3 heterocycles. The monoisotopic (exact) mass is 801 g/mol. The quantitative estimate of drug-likeness (QED) is 0.108. The van der Waals surface area contributed by atoms with Crippen molar-refractivity contribution in [2.75, 3.05) is 0 Å². The van der Waals surface area contributed by atoms with E-state index in [1.54, 1.807) is 18.3 Å². The summed E-state index contributed by atoms with van der Waals surface area (Å²) in [6.45, 7) is 8.39. The summed E-state index contributed by atoms with van der Waals surface area (Å²) in [6.07, 6.45) is 6.11. The Morgan fingerprint density at radius 3 is 2.45 bits per heavy atom. The van der Waals surface area contributed by atoms with Crippen LogP contribution >= 0.6 is 0 Å². The van der Waals surface area contributed by atoms with E-state index < -0.39 is 0 Å². The Labute approximate surface area is 289 Å². The molecule has 0 fully saturated rings. The van der Waals surface area contributed by atoms with Crippen molar-refractivity contribution >= 4 is 21.8 Å². The van der Waals surface area contributed by atoms with Crippen molar-refractivity contribution in [3.63, 3.8) is 0 Å². The normalized spacial score (nSPS) is 11.3. The van der Waals surface area contributed by atoms with E-state index >= 15 is 0 Å². The number of unbranched alkanes of at least 4 members (excludes halogenated alkanes) is 2. The minimum Gasteiger partial charge on any atom is -0.509 e. The second-order valence-electron chi connectivity index (χ2n) is 11.9. The Balaban J connectivity index is 0.00000386. The van der Waals surface area contributed by atoms with Crippen LogP contribution in [-0.4, -0.2) is 19.3 Å². The molecular weight excluding hydrogens is 767 g/mol. The first-order chi connectivity index (χ1) is 22.4. The van der Waals surface area contributed by atoms with Gasteiger partial charge in [-0.05, 0) is 73.3 Å². The molecule has 0 saturated heterocycles. The number of ether oxygens (including phenoxy) is 1. The van der Waals surface area contributed by atoms with Crippen molar-refractivity contribution in [1.29, 1.82) is 0 Å². The average Bonchev–Trinajstić information content (AvgIpc) is 3.53. The number of fused-ring (bicyclic) bond motifs is 3. The maximum atomic E-state index is 14.4. The zero-order valence-electron chi connectivity index (χ0n) is 26.9. The number of aromatic nitrogens is 4. The first kappa shape index (κ1) is 32.4. The van der Waals surface area contributed by atoms with Crippen LogP contribution in [0.4, 0.5) is 4.39 Å². The summed E-state index contributed by atoms with van der Waals surface area (Å²) in [7, 11) is 0. The summed E-state index contributed by atoms with van der Waals surface area (Å²) < 4.78 is 24.9. The van der Waals surface area contributed by atoms with Gasteiger partial charge in [0.05, 0.1) is 5.69 Å². The minimum absolute atomic E-state index is 0. The molecule has 0 amide bonds. The Hall–Kier alpha value is -4.54. The molecule has 7 aromatic rings. The van der Waals surface area contributed by atoms with Crippen molar-refractivity contribution < 1.29 is 30.2 Å². The molecule has 7 rings (SSSR count). The molecule has 0 aliphatic carbocycles. The second kappa shape index (κ2) is 13.7. The number of pyridine rings is 1. The van der Waals surface area contributed by atoms with Crippen LogP contribution in [0.3, 0.4) is 0 Å². The van der Waals surface area contributed by atoms with Crippen LogP contribution in [0, 0.1) is 38.7 Å². The third-order valence-corrected chi connectivity index (χ3v) is 8.50. The molecule has 0 radical (unpaired) electrons. The van der Waals surface area contributed by atoms with Crippen molar-refractivity contribution in [3.05, 3.63) is 132 Å². The van der Waals surface area contributed by atoms with Gasteiger partial charge in [-0.3, -0.25) is 4.68 Å². The summed E-state index contributed by atoms with van der Waals surface area (Å²) in [4.78, 5) is 4.64. The fraction of sp³-hybridized carbons (Fsp3) is 0.200. The van der Waals surface area contributed by atoms with Crippen molar-refractivity contribution in [1.82, 2.24) is 19.3 Å². The largest absolute Gasteiger partial charge is 2.00 e. The van der Waals surface area contributed by atoms with E-state index in [1.807, 2.05) is 53.4 Å². The van der Waals surface area contributed by atoms with Crippen LogP contribution in [0.2, 0.25) is 0 Å². The smallest absolute Gasteiger partial charge is 0.509 e. The van der Waals surface area contributed by atoms with Crippen molar-refractivity contribution in [2.45, 2.75) is 53.4 Å². The van der Waals surface area contributed by atoms with E-state index in [9.17, 15) is 4.39 Å². The molecular formula is C40H35FN4OPt. The first-order valence-corrected chi connectivity index (χ1v) is 15.8. The molecule has 4 aromatic carbocycles. The molecule has 7 heteroatoms. The maximum absolute atomic E-state index is 14.4. The van der Waals surface area contributed by atoms with Crippen LogP contribution in [0.5, 0.6) is 11.5 Å². The Bertz CT molecular complexity index is 2200. The Morgan fingerprint density at radius 2 is 1.66 bits per heavy atom. The zero-order valence-corrected chi connectivity index (χ0v) is 29.2. The predicted molar refractivity (Wildman–Crippen MR) is 183 cm³/mol. The summed E-state index contributed by atoms with van der Waals surface area (Å²) in [5, 5.41) is 6.62. The maximum Gasteiger partial charge on any atom is 2.00 e. The zero-order chi connectivity index (χ0) is 31.8. The fourth-order valence-electron chi connectivity index (χ4n) is 6.33. The number of rotatable bonds is 9. The van der Waals surface area contributed by atoms with E-state index in [0.29, 0.717) is 11.5 Å². The van der Waals surface area contributed by atoms with Crippen LogP contribution < -0.4 is 4.74 Å². The third-order valence-electron chi connectivity index (χ3n) is 8.50. The molecule has 0 saturated carbocycles. The SMILES string of the molecule is CCCCCc1cc(Oc2[c-]c3c(cc2)c2cc(F)ccc2n3-c2cc(C)ccn2)[c-]c(-n2nc(C)c(-c3ccccc3)c2C)c1.[Pt+2]. The molecule has 47 heavy (non-hydrogen) atoms. The summed E-state index contributed by atoms with van der Waals surface area (Å²) >= 11 is 0. The summed E-state index contributed by atoms with van der Waals surface area (Å²) in [6, 6.07) is 34.2. The molecule has 3 aromatic heterocycles. The minimum atomic E-state index is -0.286.